The van der Waals surface area contributed by atoms with Gasteiger partial charge in [-0.1, -0.05) is 12.8 Å². The molecule has 5 heteroatoms. The first kappa shape index (κ1) is 11.5. The second kappa shape index (κ2) is 5.39. The Morgan fingerprint density at radius 3 is 3.00 bits per heavy atom. The molecule has 1 saturated carbocycles. The van der Waals surface area contributed by atoms with Crippen molar-refractivity contribution in [1.82, 2.24) is 9.78 Å². The molecule has 16 heavy (non-hydrogen) atoms. The number of thiol groups is 1. The van der Waals surface area contributed by atoms with Crippen molar-refractivity contribution in [3.05, 3.63) is 12.4 Å². The Morgan fingerprint density at radius 1 is 1.56 bits per heavy atom. The maximum absolute atomic E-state index is 11.3. The van der Waals surface area contributed by atoms with E-state index < -0.39 is 0 Å². The first-order valence-electron chi connectivity index (χ1n) is 5.74. The smallest absolute Gasteiger partial charge is 0.225 e. The number of carbonyl (C=O) groups excluding carboxylic acids is 1. The van der Waals surface area contributed by atoms with Gasteiger partial charge in [0.1, 0.15) is 0 Å². The molecule has 88 valence electrons. The summed E-state index contributed by atoms with van der Waals surface area (Å²) in [6.07, 6.45) is 9.05. The van der Waals surface area contributed by atoms with Gasteiger partial charge in [-0.05, 0) is 18.6 Å². The highest BCUT2D eigenvalue weighted by Crippen LogP contribution is 2.29. The van der Waals surface area contributed by atoms with Gasteiger partial charge in [0.2, 0.25) is 5.91 Å². The summed E-state index contributed by atoms with van der Waals surface area (Å²) in [5.74, 6) is 0.573. The SMILES string of the molecule is O=C(CCS)Nc1cnn(C2CCCC2)c1. The van der Waals surface area contributed by atoms with Crippen LogP contribution >= 0.6 is 12.6 Å². The Morgan fingerprint density at radius 2 is 2.31 bits per heavy atom. The molecule has 2 rings (SSSR count). The van der Waals surface area contributed by atoms with Gasteiger partial charge in [-0.25, -0.2) is 0 Å². The number of rotatable bonds is 4. The van der Waals surface area contributed by atoms with Crippen LogP contribution in [0.2, 0.25) is 0 Å². The first-order chi connectivity index (χ1) is 7.79. The van der Waals surface area contributed by atoms with Gasteiger partial charge >= 0.3 is 0 Å². The maximum Gasteiger partial charge on any atom is 0.225 e. The molecule has 0 aliphatic heterocycles. The molecule has 4 nitrogen and oxygen atoms in total. The molecule has 0 aromatic carbocycles. The third-order valence-corrected chi connectivity index (χ3v) is 3.15. The summed E-state index contributed by atoms with van der Waals surface area (Å²) < 4.78 is 1.98. The van der Waals surface area contributed by atoms with Crippen LogP contribution in [0.4, 0.5) is 5.69 Å². The molecule has 0 radical (unpaired) electrons. The van der Waals surface area contributed by atoms with E-state index in [0.717, 1.165) is 5.69 Å². The summed E-state index contributed by atoms with van der Waals surface area (Å²) in [5.41, 5.74) is 0.790. The van der Waals surface area contributed by atoms with Crippen molar-refractivity contribution in [2.45, 2.75) is 38.1 Å². The number of nitrogens with one attached hydrogen (secondary N) is 1. The van der Waals surface area contributed by atoms with E-state index in [9.17, 15) is 4.79 Å². The lowest BCUT2D eigenvalue weighted by Gasteiger charge is -2.08. The molecule has 0 unspecified atom stereocenters. The minimum absolute atomic E-state index is 0.000900. The molecular formula is C11H17N3OS. The van der Waals surface area contributed by atoms with Gasteiger partial charge < -0.3 is 5.32 Å². The zero-order chi connectivity index (χ0) is 11.4. The van der Waals surface area contributed by atoms with E-state index in [1.807, 2.05) is 10.9 Å². The van der Waals surface area contributed by atoms with Gasteiger partial charge in [0.25, 0.3) is 0 Å². The molecule has 0 atom stereocenters. The highest BCUT2D eigenvalue weighted by Gasteiger charge is 2.17. The van der Waals surface area contributed by atoms with Crippen LogP contribution in [0.1, 0.15) is 38.1 Å². The van der Waals surface area contributed by atoms with Gasteiger partial charge in [0.05, 0.1) is 17.9 Å². The van der Waals surface area contributed by atoms with E-state index in [-0.39, 0.29) is 5.91 Å². The molecule has 1 aliphatic carbocycles. The summed E-state index contributed by atoms with van der Waals surface area (Å²) in [6.45, 7) is 0. The molecule has 1 N–H and O–H groups in total. The fraction of sp³-hybridized carbons (Fsp3) is 0.636. The Bertz CT molecular complexity index is 358. The predicted octanol–water partition coefficient (Wildman–Crippen LogP) is 2.26. The summed E-state index contributed by atoms with van der Waals surface area (Å²) in [4.78, 5) is 11.3. The third kappa shape index (κ3) is 2.78. The van der Waals surface area contributed by atoms with Crippen molar-refractivity contribution in [2.75, 3.05) is 11.1 Å². The minimum atomic E-state index is 0.000900. The van der Waals surface area contributed by atoms with E-state index in [4.69, 9.17) is 0 Å². The molecule has 1 amide bonds. The van der Waals surface area contributed by atoms with Crippen LogP contribution in [-0.4, -0.2) is 21.4 Å². The van der Waals surface area contributed by atoms with Gasteiger partial charge in [-0.15, -0.1) is 0 Å². The highest BCUT2D eigenvalue weighted by molar-refractivity contribution is 7.80. The Hall–Kier alpha value is -0.970. The Labute approximate surface area is 101 Å². The average Bonchev–Trinajstić information content (AvgIpc) is 2.86. The second-order valence-corrected chi connectivity index (χ2v) is 4.62. The van der Waals surface area contributed by atoms with E-state index in [0.29, 0.717) is 18.2 Å². The lowest BCUT2D eigenvalue weighted by molar-refractivity contribution is -0.115. The third-order valence-electron chi connectivity index (χ3n) is 2.92. The van der Waals surface area contributed by atoms with E-state index in [1.54, 1.807) is 6.20 Å². The number of hydrogen-bond donors (Lipinski definition) is 2. The van der Waals surface area contributed by atoms with E-state index in [2.05, 4.69) is 23.0 Å². The van der Waals surface area contributed by atoms with Crippen LogP contribution in [0.25, 0.3) is 0 Å². The maximum atomic E-state index is 11.3. The Kier molecular flexibility index (Phi) is 3.88. The lowest BCUT2D eigenvalue weighted by Crippen LogP contribution is -2.11. The molecule has 1 aliphatic rings. The molecule has 1 aromatic heterocycles. The molecular weight excluding hydrogens is 222 g/mol. The van der Waals surface area contributed by atoms with Crippen LogP contribution in [0.5, 0.6) is 0 Å². The number of amides is 1. The van der Waals surface area contributed by atoms with E-state index in [1.165, 1.54) is 25.7 Å². The van der Waals surface area contributed by atoms with Gasteiger partial charge in [0, 0.05) is 12.6 Å². The fourth-order valence-electron chi connectivity index (χ4n) is 2.10. The van der Waals surface area contributed by atoms with Gasteiger partial charge in [-0.2, -0.15) is 17.7 Å². The van der Waals surface area contributed by atoms with Crippen LogP contribution in [0.15, 0.2) is 12.4 Å². The monoisotopic (exact) mass is 239 g/mol. The zero-order valence-electron chi connectivity index (χ0n) is 9.22. The summed E-state index contributed by atoms with van der Waals surface area (Å²) in [7, 11) is 0. The van der Waals surface area contributed by atoms with Gasteiger partial charge in [-0.3, -0.25) is 9.48 Å². The number of anilines is 1. The molecule has 1 heterocycles. The Balaban J connectivity index is 1.93. The van der Waals surface area contributed by atoms with Crippen molar-refractivity contribution >= 4 is 24.2 Å². The van der Waals surface area contributed by atoms with Crippen molar-refractivity contribution in [3.63, 3.8) is 0 Å². The zero-order valence-corrected chi connectivity index (χ0v) is 10.1. The van der Waals surface area contributed by atoms with Crippen LogP contribution < -0.4 is 5.32 Å². The molecule has 1 aromatic rings. The molecule has 0 saturated heterocycles. The van der Waals surface area contributed by atoms with Crippen molar-refractivity contribution in [3.8, 4) is 0 Å². The predicted molar refractivity (Wildman–Crippen MR) is 66.8 cm³/mol. The molecule has 0 bridgehead atoms. The number of hydrogen-bond acceptors (Lipinski definition) is 3. The van der Waals surface area contributed by atoms with Crippen molar-refractivity contribution in [1.29, 1.82) is 0 Å². The number of aromatic nitrogens is 2. The van der Waals surface area contributed by atoms with Crippen LogP contribution in [0, 0.1) is 0 Å². The number of nitrogens with zero attached hydrogens (tertiary/aromatic N) is 2. The van der Waals surface area contributed by atoms with Crippen LogP contribution in [0.3, 0.4) is 0 Å². The minimum Gasteiger partial charge on any atom is -0.323 e. The van der Waals surface area contributed by atoms with Crippen molar-refractivity contribution in [2.24, 2.45) is 0 Å². The fourth-order valence-corrected chi connectivity index (χ4v) is 2.30. The second-order valence-electron chi connectivity index (χ2n) is 4.17. The summed E-state index contributed by atoms with van der Waals surface area (Å²) in [5, 5.41) is 7.11. The van der Waals surface area contributed by atoms with Crippen LogP contribution in [-0.2, 0) is 4.79 Å². The van der Waals surface area contributed by atoms with Gasteiger partial charge in [0.15, 0.2) is 0 Å². The summed E-state index contributed by atoms with van der Waals surface area (Å²) >= 11 is 4.02. The first-order valence-corrected chi connectivity index (χ1v) is 6.37. The largest absolute Gasteiger partial charge is 0.323 e. The average molecular weight is 239 g/mol. The normalized spacial score (nSPS) is 16.6. The lowest BCUT2D eigenvalue weighted by atomic mass is 10.3. The highest BCUT2D eigenvalue weighted by atomic mass is 32.1. The quantitative estimate of drug-likeness (QED) is 0.792. The number of carbonyl (C=O) groups is 1. The molecule has 1 fully saturated rings. The standard InChI is InChI=1S/C11H17N3OS/c15-11(5-6-16)13-9-7-12-14(8-9)10-3-1-2-4-10/h7-8,10,16H,1-6H2,(H,13,15). The van der Waals surface area contributed by atoms with Crippen molar-refractivity contribution < 1.29 is 4.79 Å². The summed E-state index contributed by atoms with van der Waals surface area (Å²) in [6, 6.07) is 0.524. The molecule has 0 spiro atoms. The van der Waals surface area contributed by atoms with E-state index >= 15 is 0 Å². The topological polar surface area (TPSA) is 46.9 Å².